The first-order valence-electron chi connectivity index (χ1n) is 2.59. The van der Waals surface area contributed by atoms with E-state index in [0.29, 0.717) is 0 Å². The predicted molar refractivity (Wildman–Crippen MR) is 40.2 cm³/mol. The molecule has 0 aliphatic carbocycles. The average molecular weight is 196 g/mol. The standard InChI is InChI=1S/C5H3Cl2NO3/c1-8-3(7)2(6)4(9)11-5(8)10/h1H3. The molecule has 4 nitrogen and oxygen atoms in total. The van der Waals surface area contributed by atoms with E-state index in [1.54, 1.807) is 0 Å². The van der Waals surface area contributed by atoms with Crippen LogP contribution in [0.5, 0.6) is 0 Å². The van der Waals surface area contributed by atoms with Crippen LogP contribution < -0.4 is 11.4 Å². The minimum Gasteiger partial charge on any atom is -0.371 e. The fourth-order valence-electron chi connectivity index (χ4n) is 0.504. The Labute approximate surface area is 71.0 Å². The van der Waals surface area contributed by atoms with Crippen LogP contribution in [0.4, 0.5) is 0 Å². The highest BCUT2D eigenvalue weighted by molar-refractivity contribution is 6.41. The Morgan fingerprint density at radius 3 is 2.45 bits per heavy atom. The van der Waals surface area contributed by atoms with Gasteiger partial charge in [-0.1, -0.05) is 23.2 Å². The van der Waals surface area contributed by atoms with E-state index in [0.717, 1.165) is 4.57 Å². The van der Waals surface area contributed by atoms with Crippen molar-refractivity contribution in [3.8, 4) is 0 Å². The Bertz CT molecular complexity index is 357. The molecular formula is C5H3Cl2NO3. The molecule has 1 heterocycles. The van der Waals surface area contributed by atoms with Crippen molar-refractivity contribution in [2.24, 2.45) is 7.05 Å². The average Bonchev–Trinajstić information content (AvgIpc) is 1.97. The second-order valence-corrected chi connectivity index (χ2v) is 2.56. The maximum Gasteiger partial charge on any atom is 0.422 e. The normalized spacial score (nSPS) is 10.1. The van der Waals surface area contributed by atoms with E-state index >= 15 is 0 Å². The Morgan fingerprint density at radius 2 is 1.91 bits per heavy atom. The van der Waals surface area contributed by atoms with Crippen LogP contribution in [0.2, 0.25) is 10.2 Å². The molecule has 1 rings (SSSR count). The Morgan fingerprint density at radius 1 is 1.36 bits per heavy atom. The lowest BCUT2D eigenvalue weighted by molar-refractivity contribution is 0.419. The highest BCUT2D eigenvalue weighted by Gasteiger charge is 2.08. The zero-order valence-electron chi connectivity index (χ0n) is 5.43. The van der Waals surface area contributed by atoms with Crippen LogP contribution in [-0.4, -0.2) is 4.57 Å². The SMILES string of the molecule is Cn1c(Cl)c(Cl)c(=O)oc1=O. The molecule has 0 aromatic carbocycles. The van der Waals surface area contributed by atoms with Gasteiger partial charge >= 0.3 is 11.4 Å². The fraction of sp³-hybridized carbons (Fsp3) is 0.200. The molecule has 0 aliphatic rings. The van der Waals surface area contributed by atoms with Crippen LogP contribution in [0.15, 0.2) is 14.0 Å². The molecule has 0 aliphatic heterocycles. The summed E-state index contributed by atoms with van der Waals surface area (Å²) < 4.78 is 5.09. The minimum atomic E-state index is -0.917. The number of halogens is 2. The van der Waals surface area contributed by atoms with Crippen molar-refractivity contribution in [2.75, 3.05) is 0 Å². The summed E-state index contributed by atoms with van der Waals surface area (Å²) in [5.41, 5.74) is -0.917. The summed E-state index contributed by atoms with van der Waals surface area (Å²) in [6, 6.07) is 0. The molecule has 11 heavy (non-hydrogen) atoms. The molecule has 0 N–H and O–H groups in total. The largest absolute Gasteiger partial charge is 0.422 e. The molecule has 0 saturated heterocycles. The summed E-state index contributed by atoms with van der Waals surface area (Å²) in [5.74, 6) is -0.829. The molecule has 0 fully saturated rings. The molecule has 0 unspecified atom stereocenters. The Balaban J connectivity index is 3.73. The predicted octanol–water partition coefficient (Wildman–Crippen LogP) is 0.645. The molecule has 0 amide bonds. The van der Waals surface area contributed by atoms with Gasteiger partial charge in [-0.2, -0.15) is 0 Å². The quantitative estimate of drug-likeness (QED) is 0.611. The topological polar surface area (TPSA) is 52.2 Å². The van der Waals surface area contributed by atoms with Crippen molar-refractivity contribution in [1.29, 1.82) is 0 Å². The summed E-state index contributed by atoms with van der Waals surface area (Å²) in [5, 5.41) is -0.401. The molecule has 0 spiro atoms. The Kier molecular flexibility index (Phi) is 2.06. The Hall–Kier alpha value is -0.740. The smallest absolute Gasteiger partial charge is 0.371 e. The van der Waals surface area contributed by atoms with Crippen molar-refractivity contribution < 1.29 is 4.42 Å². The summed E-state index contributed by atoms with van der Waals surface area (Å²) in [6.45, 7) is 0. The second kappa shape index (κ2) is 2.71. The first-order valence-corrected chi connectivity index (χ1v) is 3.34. The monoisotopic (exact) mass is 195 g/mol. The van der Waals surface area contributed by atoms with Crippen molar-refractivity contribution in [3.63, 3.8) is 0 Å². The number of hydrogen-bond donors (Lipinski definition) is 0. The maximum atomic E-state index is 10.7. The number of hydrogen-bond acceptors (Lipinski definition) is 3. The van der Waals surface area contributed by atoms with Gasteiger partial charge in [0.05, 0.1) is 0 Å². The summed E-state index contributed by atoms with van der Waals surface area (Å²) in [7, 11) is 1.35. The van der Waals surface area contributed by atoms with Gasteiger partial charge in [-0.15, -0.1) is 0 Å². The van der Waals surface area contributed by atoms with Crippen LogP contribution in [0.3, 0.4) is 0 Å². The first-order chi connectivity index (χ1) is 5.04. The van der Waals surface area contributed by atoms with E-state index in [1.165, 1.54) is 7.05 Å². The van der Waals surface area contributed by atoms with E-state index in [9.17, 15) is 9.59 Å². The van der Waals surface area contributed by atoms with Gasteiger partial charge in [0.15, 0.2) is 5.02 Å². The number of rotatable bonds is 0. The highest BCUT2D eigenvalue weighted by Crippen LogP contribution is 2.13. The zero-order chi connectivity index (χ0) is 8.59. The summed E-state index contributed by atoms with van der Waals surface area (Å²) in [6.07, 6.45) is 0. The van der Waals surface area contributed by atoms with Crippen LogP contribution in [0, 0.1) is 0 Å². The third-order valence-electron chi connectivity index (χ3n) is 1.11. The summed E-state index contributed by atoms with van der Waals surface area (Å²) >= 11 is 10.8. The molecule has 0 saturated carbocycles. The van der Waals surface area contributed by atoms with E-state index in [-0.39, 0.29) is 10.2 Å². The third-order valence-corrected chi connectivity index (χ3v) is 1.98. The molecule has 0 atom stereocenters. The molecule has 60 valence electrons. The lowest BCUT2D eigenvalue weighted by atomic mass is 10.7. The van der Waals surface area contributed by atoms with E-state index in [4.69, 9.17) is 23.2 Å². The van der Waals surface area contributed by atoms with Crippen molar-refractivity contribution in [2.45, 2.75) is 0 Å². The lowest BCUT2D eigenvalue weighted by Gasteiger charge is -1.97. The maximum absolute atomic E-state index is 10.7. The summed E-state index contributed by atoms with van der Waals surface area (Å²) in [4.78, 5) is 21.3. The molecule has 1 aromatic rings. The van der Waals surface area contributed by atoms with Gasteiger partial charge in [-0.05, 0) is 0 Å². The van der Waals surface area contributed by atoms with Crippen LogP contribution in [0.1, 0.15) is 0 Å². The molecular weight excluding hydrogens is 193 g/mol. The zero-order valence-corrected chi connectivity index (χ0v) is 6.94. The van der Waals surface area contributed by atoms with Gasteiger partial charge in [0.2, 0.25) is 0 Å². The third kappa shape index (κ3) is 1.32. The van der Waals surface area contributed by atoms with Gasteiger partial charge in [0.1, 0.15) is 5.15 Å². The van der Waals surface area contributed by atoms with E-state index in [2.05, 4.69) is 4.42 Å². The van der Waals surface area contributed by atoms with Gasteiger partial charge in [0, 0.05) is 7.05 Å². The van der Waals surface area contributed by atoms with Gasteiger partial charge in [-0.25, -0.2) is 9.59 Å². The van der Waals surface area contributed by atoms with Gasteiger partial charge in [-0.3, -0.25) is 4.57 Å². The van der Waals surface area contributed by atoms with Crippen molar-refractivity contribution in [3.05, 3.63) is 31.1 Å². The van der Waals surface area contributed by atoms with Gasteiger partial charge < -0.3 is 4.42 Å². The van der Waals surface area contributed by atoms with Crippen molar-refractivity contribution in [1.82, 2.24) is 4.57 Å². The van der Waals surface area contributed by atoms with Gasteiger partial charge in [0.25, 0.3) is 0 Å². The lowest BCUT2D eigenvalue weighted by Crippen LogP contribution is -2.22. The molecule has 6 heteroatoms. The van der Waals surface area contributed by atoms with E-state index in [1.807, 2.05) is 0 Å². The van der Waals surface area contributed by atoms with Crippen molar-refractivity contribution >= 4 is 23.2 Å². The molecule has 0 bridgehead atoms. The van der Waals surface area contributed by atoms with Crippen LogP contribution in [0.25, 0.3) is 0 Å². The highest BCUT2D eigenvalue weighted by atomic mass is 35.5. The van der Waals surface area contributed by atoms with E-state index < -0.39 is 11.4 Å². The number of nitrogens with zero attached hydrogens (tertiary/aromatic N) is 1. The fourth-order valence-corrected chi connectivity index (χ4v) is 0.816. The second-order valence-electron chi connectivity index (χ2n) is 1.82. The van der Waals surface area contributed by atoms with Crippen LogP contribution in [-0.2, 0) is 7.05 Å². The molecule has 0 radical (unpaired) electrons. The van der Waals surface area contributed by atoms with Crippen LogP contribution >= 0.6 is 23.2 Å². The molecule has 1 aromatic heterocycles. The minimum absolute atomic E-state index is 0.118. The first kappa shape index (κ1) is 8.36. The number of aromatic nitrogens is 1.